The predicted molar refractivity (Wildman–Crippen MR) is 128 cm³/mol. The third kappa shape index (κ3) is 12.8. The van der Waals surface area contributed by atoms with Crippen LogP contribution in [0, 0.1) is 0 Å². The maximum absolute atomic E-state index is 12.4. The van der Waals surface area contributed by atoms with E-state index < -0.39 is 32.3 Å². The first-order valence-corrected chi connectivity index (χ1v) is 12.5. The number of carbonyl (C=O) groups excluding carboxylic acids is 2. The summed E-state index contributed by atoms with van der Waals surface area (Å²) in [6, 6.07) is 6.80. The van der Waals surface area contributed by atoms with Gasteiger partial charge in [0.25, 0.3) is 5.91 Å². The van der Waals surface area contributed by atoms with Crippen LogP contribution < -0.4 is 15.2 Å². The van der Waals surface area contributed by atoms with Crippen LogP contribution >= 0.6 is 8.60 Å². The number of ether oxygens (including phenoxy) is 1. The summed E-state index contributed by atoms with van der Waals surface area (Å²) in [4.78, 5) is 24.0. The van der Waals surface area contributed by atoms with Crippen molar-refractivity contribution < 1.29 is 33.0 Å². The third-order valence-electron chi connectivity index (χ3n) is 4.17. The summed E-state index contributed by atoms with van der Waals surface area (Å²) in [5.74, 6) is -0.138. The van der Waals surface area contributed by atoms with E-state index in [2.05, 4.69) is 10.6 Å². The fourth-order valence-corrected chi connectivity index (χ4v) is 3.66. The molecule has 0 saturated carbocycles. The van der Waals surface area contributed by atoms with Crippen LogP contribution in [0.15, 0.2) is 24.3 Å². The number of benzene rings is 1. The Kier molecular flexibility index (Phi) is 14.0. The van der Waals surface area contributed by atoms with Gasteiger partial charge in [-0.3, -0.25) is 4.79 Å². The van der Waals surface area contributed by atoms with Crippen molar-refractivity contribution in [1.82, 2.24) is 10.6 Å². The summed E-state index contributed by atoms with van der Waals surface area (Å²) < 4.78 is 21.8. The molecule has 0 radical (unpaired) electrons. The normalized spacial score (nSPS) is 12.3. The van der Waals surface area contributed by atoms with Gasteiger partial charge in [-0.1, -0.05) is 31.0 Å². The highest BCUT2D eigenvalue weighted by molar-refractivity contribution is 7.42. The molecule has 10 heteroatoms. The van der Waals surface area contributed by atoms with E-state index in [0.717, 1.165) is 25.7 Å². The molecule has 1 atom stereocenters. The quantitative estimate of drug-likeness (QED) is 0.245. The number of aliphatic hydroxyl groups excluding tert-OH is 1. The molecule has 188 valence electrons. The number of aliphatic hydroxyl groups is 1. The summed E-state index contributed by atoms with van der Waals surface area (Å²) in [7, 11) is -1.61. The van der Waals surface area contributed by atoms with Crippen LogP contribution in [0.3, 0.4) is 0 Å². The maximum Gasteiger partial charge on any atom is 0.407 e. The Bertz CT molecular complexity index is 706. The van der Waals surface area contributed by atoms with Crippen molar-refractivity contribution >= 4 is 20.6 Å². The monoisotopic (exact) mass is 486 g/mol. The zero-order chi connectivity index (χ0) is 24.7. The van der Waals surface area contributed by atoms with E-state index in [1.165, 1.54) is 0 Å². The third-order valence-corrected chi connectivity index (χ3v) is 5.46. The van der Waals surface area contributed by atoms with Gasteiger partial charge in [-0.25, -0.2) is 4.79 Å². The van der Waals surface area contributed by atoms with E-state index in [-0.39, 0.29) is 0 Å². The first kappa shape index (κ1) is 29.1. The lowest BCUT2D eigenvalue weighted by Crippen LogP contribution is -2.33. The van der Waals surface area contributed by atoms with Crippen molar-refractivity contribution in [3.05, 3.63) is 29.8 Å². The molecule has 1 aromatic rings. The Balaban J connectivity index is 2.35. The molecule has 0 saturated heterocycles. The summed E-state index contributed by atoms with van der Waals surface area (Å²) in [6.45, 7) is 11.0. The minimum atomic E-state index is -1.61. The summed E-state index contributed by atoms with van der Waals surface area (Å²) in [5, 5.41) is 16.0. The van der Waals surface area contributed by atoms with E-state index in [1.807, 2.05) is 34.6 Å². The van der Waals surface area contributed by atoms with Crippen molar-refractivity contribution in [1.29, 1.82) is 0 Å². The van der Waals surface area contributed by atoms with Crippen molar-refractivity contribution in [2.75, 3.05) is 26.3 Å². The first-order valence-electron chi connectivity index (χ1n) is 11.4. The highest BCUT2D eigenvalue weighted by Crippen LogP contribution is 2.42. The molecule has 0 aliphatic heterocycles. The van der Waals surface area contributed by atoms with E-state index in [9.17, 15) is 14.7 Å². The topological polar surface area (TPSA) is 115 Å². The summed E-state index contributed by atoms with van der Waals surface area (Å²) in [5.41, 5.74) is -0.149. The lowest BCUT2D eigenvalue weighted by Gasteiger charge is -2.20. The number of alkyl carbamates (subject to hydrolysis) is 1. The van der Waals surface area contributed by atoms with Crippen molar-refractivity contribution in [3.63, 3.8) is 0 Å². The molecular formula is C23H39N2O7P. The molecule has 0 aromatic heterocycles. The molecule has 33 heavy (non-hydrogen) atoms. The molecule has 1 unspecified atom stereocenters. The van der Waals surface area contributed by atoms with Gasteiger partial charge >= 0.3 is 14.7 Å². The van der Waals surface area contributed by atoms with Crippen LogP contribution in [0.2, 0.25) is 0 Å². The molecule has 0 bridgehead atoms. The van der Waals surface area contributed by atoms with Gasteiger partial charge in [-0.2, -0.15) is 0 Å². The molecule has 1 rings (SSSR count). The predicted octanol–water partition coefficient (Wildman–Crippen LogP) is 4.60. The molecule has 9 nitrogen and oxygen atoms in total. The second-order valence-electron chi connectivity index (χ2n) is 8.22. The van der Waals surface area contributed by atoms with Crippen LogP contribution in [0.25, 0.3) is 0 Å². The molecule has 3 N–H and O–H groups in total. The van der Waals surface area contributed by atoms with Crippen molar-refractivity contribution in [3.8, 4) is 5.75 Å². The molecule has 0 aliphatic rings. The summed E-state index contributed by atoms with van der Waals surface area (Å²) in [6.07, 6.45) is 1.61. The average molecular weight is 487 g/mol. The Labute approximate surface area is 198 Å². The molecule has 0 spiro atoms. The number of hydrogen-bond donors (Lipinski definition) is 3. The Morgan fingerprint density at radius 2 is 1.55 bits per heavy atom. The van der Waals surface area contributed by atoms with Gasteiger partial charge in [0.2, 0.25) is 0 Å². The highest BCUT2D eigenvalue weighted by atomic mass is 31.2. The van der Waals surface area contributed by atoms with E-state index in [4.69, 9.17) is 18.3 Å². The van der Waals surface area contributed by atoms with Gasteiger partial charge in [-0.05, 0) is 53.5 Å². The van der Waals surface area contributed by atoms with Gasteiger partial charge < -0.3 is 34.0 Å². The zero-order valence-corrected chi connectivity index (χ0v) is 21.3. The number of carbonyl (C=O) groups is 2. The van der Waals surface area contributed by atoms with Gasteiger partial charge in [0, 0.05) is 18.7 Å². The van der Waals surface area contributed by atoms with Gasteiger partial charge in [-0.15, -0.1) is 0 Å². The maximum atomic E-state index is 12.4. The van der Waals surface area contributed by atoms with Gasteiger partial charge in [0.1, 0.15) is 11.4 Å². The second kappa shape index (κ2) is 15.8. The largest absolute Gasteiger partial charge is 0.444 e. The first-order chi connectivity index (χ1) is 15.7. The second-order valence-corrected chi connectivity index (χ2v) is 9.37. The van der Waals surface area contributed by atoms with Crippen LogP contribution in [0.5, 0.6) is 5.75 Å². The fourth-order valence-electron chi connectivity index (χ4n) is 2.73. The fraction of sp³-hybridized carbons (Fsp3) is 0.652. The number of amides is 2. The number of nitrogens with one attached hydrogen (secondary N) is 2. The average Bonchev–Trinajstić information content (AvgIpc) is 2.74. The SMILES string of the molecule is CCOP(OCC)Oc1ccccc1C(O)C(=O)NCCCCCCNC(=O)OC(C)(C)C. The van der Waals surface area contributed by atoms with E-state index in [1.54, 1.807) is 24.3 Å². The minimum absolute atomic E-state index is 0.352. The summed E-state index contributed by atoms with van der Waals surface area (Å²) >= 11 is 0. The van der Waals surface area contributed by atoms with Gasteiger partial charge in [0.05, 0.1) is 13.2 Å². The molecule has 1 aromatic carbocycles. The number of rotatable bonds is 15. The van der Waals surface area contributed by atoms with Crippen LogP contribution in [-0.2, 0) is 18.6 Å². The van der Waals surface area contributed by atoms with Crippen molar-refractivity contribution in [2.24, 2.45) is 0 Å². The molecule has 0 fully saturated rings. The molecular weight excluding hydrogens is 447 g/mol. The van der Waals surface area contributed by atoms with E-state index in [0.29, 0.717) is 37.6 Å². The van der Waals surface area contributed by atoms with Crippen LogP contribution in [0.1, 0.15) is 72.0 Å². The highest BCUT2D eigenvalue weighted by Gasteiger charge is 2.23. The standard InChI is InChI=1S/C23H39N2O7P/c1-6-29-33(30-7-2)32-19-15-11-10-14-18(19)20(26)21(27)24-16-12-8-9-13-17-25-22(28)31-23(3,4)5/h10-11,14-15,20,26H,6-9,12-13,16-17H2,1-5H3,(H,24,27)(H,25,28). The smallest absolute Gasteiger partial charge is 0.407 e. The van der Waals surface area contributed by atoms with Crippen molar-refractivity contribution in [2.45, 2.75) is 72.0 Å². The number of para-hydroxylation sites is 1. The minimum Gasteiger partial charge on any atom is -0.444 e. The molecule has 0 heterocycles. The van der Waals surface area contributed by atoms with E-state index >= 15 is 0 Å². The zero-order valence-electron chi connectivity index (χ0n) is 20.4. The molecule has 2 amide bonds. The molecule has 0 aliphatic carbocycles. The Morgan fingerprint density at radius 1 is 0.970 bits per heavy atom. The number of unbranched alkanes of at least 4 members (excludes halogenated alkanes) is 3. The number of hydrogen-bond acceptors (Lipinski definition) is 7. The van der Waals surface area contributed by atoms with Crippen LogP contribution in [0.4, 0.5) is 4.79 Å². The Morgan fingerprint density at radius 3 is 2.12 bits per heavy atom. The van der Waals surface area contributed by atoms with Crippen LogP contribution in [-0.4, -0.2) is 49.0 Å². The van der Waals surface area contributed by atoms with Gasteiger partial charge in [0.15, 0.2) is 6.10 Å². The Hall–Kier alpha value is -1.93. The lowest BCUT2D eigenvalue weighted by molar-refractivity contribution is -0.129. The lowest BCUT2D eigenvalue weighted by atomic mass is 10.1.